The summed E-state index contributed by atoms with van der Waals surface area (Å²) in [6.45, 7) is 1.30. The lowest BCUT2D eigenvalue weighted by Crippen LogP contribution is -2.41. The number of hydrogen-bond donors (Lipinski definition) is 1. The summed E-state index contributed by atoms with van der Waals surface area (Å²) in [7, 11) is -0.985. The van der Waals surface area contributed by atoms with Crippen LogP contribution in [0.3, 0.4) is 0 Å². The van der Waals surface area contributed by atoms with Crippen LogP contribution in [0.4, 0.5) is 0 Å². The van der Waals surface area contributed by atoms with Crippen LogP contribution in [-0.4, -0.2) is 45.3 Å². The molecular formula is C20H22N2O6S. The van der Waals surface area contributed by atoms with E-state index < -0.39 is 28.4 Å². The van der Waals surface area contributed by atoms with Crippen molar-refractivity contribution < 1.29 is 27.5 Å². The highest BCUT2D eigenvalue weighted by atomic mass is 32.2. The van der Waals surface area contributed by atoms with Crippen molar-refractivity contribution in [3.8, 4) is 11.5 Å². The average molecular weight is 418 g/mol. The summed E-state index contributed by atoms with van der Waals surface area (Å²) >= 11 is 0. The Morgan fingerprint density at radius 3 is 2.41 bits per heavy atom. The van der Waals surface area contributed by atoms with Crippen molar-refractivity contribution in [1.82, 2.24) is 9.62 Å². The third-order valence-electron chi connectivity index (χ3n) is 4.75. The molecule has 9 heteroatoms. The van der Waals surface area contributed by atoms with Crippen LogP contribution in [0.5, 0.6) is 11.5 Å². The molecule has 0 fully saturated rings. The highest BCUT2D eigenvalue weighted by molar-refractivity contribution is 7.90. The summed E-state index contributed by atoms with van der Waals surface area (Å²) in [4.78, 5) is 25.0. The Kier molecular flexibility index (Phi) is 5.78. The van der Waals surface area contributed by atoms with Crippen molar-refractivity contribution in [3.63, 3.8) is 0 Å². The van der Waals surface area contributed by atoms with Gasteiger partial charge in [0.05, 0.1) is 25.8 Å². The Hall–Kier alpha value is -3.07. The second-order valence-corrected chi connectivity index (χ2v) is 8.29. The molecule has 1 heterocycles. The zero-order valence-electron chi connectivity index (χ0n) is 16.3. The summed E-state index contributed by atoms with van der Waals surface area (Å²) < 4.78 is 36.3. The number of ether oxygens (including phenoxy) is 2. The lowest BCUT2D eigenvalue weighted by Gasteiger charge is -2.21. The topological polar surface area (TPSA) is 102 Å². The van der Waals surface area contributed by atoms with Gasteiger partial charge in [-0.3, -0.25) is 9.59 Å². The van der Waals surface area contributed by atoms with Crippen LogP contribution in [0.1, 0.15) is 35.3 Å². The van der Waals surface area contributed by atoms with E-state index in [0.29, 0.717) is 22.2 Å². The molecule has 0 aliphatic carbocycles. The molecule has 3 rings (SSSR count). The first-order valence-electron chi connectivity index (χ1n) is 9.00. The van der Waals surface area contributed by atoms with Crippen LogP contribution in [0, 0.1) is 0 Å². The minimum absolute atomic E-state index is 0.0761. The number of benzene rings is 2. The molecule has 0 radical (unpaired) electrons. The maximum Gasteiger partial charge on any atom is 0.269 e. The average Bonchev–Trinajstić information content (AvgIpc) is 2.92. The van der Waals surface area contributed by atoms with E-state index in [-0.39, 0.29) is 16.5 Å². The molecule has 2 amide bonds. The van der Waals surface area contributed by atoms with E-state index in [4.69, 9.17) is 9.47 Å². The van der Waals surface area contributed by atoms with Gasteiger partial charge < -0.3 is 14.8 Å². The number of amides is 2. The molecular weight excluding hydrogens is 396 g/mol. The molecule has 1 aliphatic rings. The number of hydrogen-bond acceptors (Lipinski definition) is 6. The van der Waals surface area contributed by atoms with Crippen molar-refractivity contribution in [2.24, 2.45) is 0 Å². The molecule has 8 nitrogen and oxygen atoms in total. The quantitative estimate of drug-likeness (QED) is 0.739. The molecule has 0 bridgehead atoms. The number of methoxy groups -OCH3 is 2. The molecule has 0 saturated carbocycles. The summed E-state index contributed by atoms with van der Waals surface area (Å²) in [5, 5.41) is 2.79. The van der Waals surface area contributed by atoms with Gasteiger partial charge in [0.2, 0.25) is 5.91 Å². The van der Waals surface area contributed by atoms with Crippen molar-refractivity contribution in [3.05, 3.63) is 53.6 Å². The smallest absolute Gasteiger partial charge is 0.269 e. The Morgan fingerprint density at radius 2 is 1.79 bits per heavy atom. The Bertz CT molecular complexity index is 1050. The fourth-order valence-corrected chi connectivity index (χ4v) is 4.77. The number of fused-ring (bicyclic) bond motifs is 1. The first-order chi connectivity index (χ1) is 13.8. The van der Waals surface area contributed by atoms with Crippen LogP contribution in [0.25, 0.3) is 0 Å². The van der Waals surface area contributed by atoms with Crippen LogP contribution < -0.4 is 14.8 Å². The van der Waals surface area contributed by atoms with Gasteiger partial charge in [-0.1, -0.05) is 25.1 Å². The normalized spacial score (nSPS) is 15.6. The maximum absolute atomic E-state index is 12.6. The molecule has 1 atom stereocenters. The number of sulfonamides is 1. The Morgan fingerprint density at radius 1 is 1.10 bits per heavy atom. The van der Waals surface area contributed by atoms with Gasteiger partial charge in [0.1, 0.15) is 11.4 Å². The molecule has 2 aromatic rings. The largest absolute Gasteiger partial charge is 0.493 e. The highest BCUT2D eigenvalue weighted by Gasteiger charge is 2.41. The van der Waals surface area contributed by atoms with Crippen molar-refractivity contribution in [1.29, 1.82) is 0 Å². The van der Waals surface area contributed by atoms with Crippen molar-refractivity contribution in [2.75, 3.05) is 20.8 Å². The molecule has 0 saturated heterocycles. The van der Waals surface area contributed by atoms with Gasteiger partial charge in [0.15, 0.2) is 11.5 Å². The van der Waals surface area contributed by atoms with Gasteiger partial charge in [-0.05, 0) is 36.2 Å². The zero-order valence-corrected chi connectivity index (χ0v) is 17.2. The third-order valence-corrected chi connectivity index (χ3v) is 6.54. The molecule has 1 N–H and O–H groups in total. The molecule has 2 aromatic carbocycles. The van der Waals surface area contributed by atoms with Crippen molar-refractivity contribution >= 4 is 21.8 Å². The van der Waals surface area contributed by atoms with Crippen LogP contribution in [-0.2, 0) is 14.8 Å². The number of nitrogens with one attached hydrogen (secondary N) is 1. The van der Waals surface area contributed by atoms with Crippen molar-refractivity contribution in [2.45, 2.75) is 24.3 Å². The number of nitrogens with zero attached hydrogens (tertiary/aromatic N) is 1. The maximum atomic E-state index is 12.6. The van der Waals surface area contributed by atoms with Gasteiger partial charge in [-0.25, -0.2) is 12.7 Å². The molecule has 1 aliphatic heterocycles. The van der Waals surface area contributed by atoms with E-state index in [1.54, 1.807) is 24.3 Å². The van der Waals surface area contributed by atoms with E-state index in [0.717, 1.165) is 5.56 Å². The first-order valence-corrected chi connectivity index (χ1v) is 10.4. The van der Waals surface area contributed by atoms with Crippen LogP contribution in [0.2, 0.25) is 0 Å². The Balaban J connectivity index is 1.77. The van der Waals surface area contributed by atoms with E-state index >= 15 is 0 Å². The fourth-order valence-electron chi connectivity index (χ4n) is 3.25. The molecule has 0 aromatic heterocycles. The van der Waals surface area contributed by atoms with Gasteiger partial charge in [0.25, 0.3) is 15.9 Å². The van der Waals surface area contributed by atoms with Gasteiger partial charge in [-0.15, -0.1) is 0 Å². The summed E-state index contributed by atoms with van der Waals surface area (Å²) in [5.41, 5.74) is 0.852. The second-order valence-electron chi connectivity index (χ2n) is 6.46. The van der Waals surface area contributed by atoms with Gasteiger partial charge in [0, 0.05) is 0 Å². The standard InChI is InChI=1S/C20H22N2O6S/c1-4-15(13-9-10-16(27-2)17(11-13)28-3)21-19(23)12-22-20(24)14-7-5-6-8-18(14)29(22,25)26/h5-11,15H,4,12H2,1-3H3,(H,21,23). The highest BCUT2D eigenvalue weighted by Crippen LogP contribution is 2.32. The fraction of sp³-hybridized carbons (Fsp3) is 0.300. The first kappa shape index (κ1) is 20.7. The predicted molar refractivity (Wildman–Crippen MR) is 105 cm³/mol. The molecule has 0 spiro atoms. The lowest BCUT2D eigenvalue weighted by molar-refractivity contribution is -0.121. The molecule has 1 unspecified atom stereocenters. The molecule has 29 heavy (non-hydrogen) atoms. The Labute approximate surface area is 169 Å². The summed E-state index contributed by atoms with van der Waals surface area (Å²) in [6.07, 6.45) is 0.558. The minimum Gasteiger partial charge on any atom is -0.493 e. The minimum atomic E-state index is -4.03. The lowest BCUT2D eigenvalue weighted by atomic mass is 10.0. The van der Waals surface area contributed by atoms with E-state index in [1.807, 2.05) is 6.92 Å². The number of carbonyl (C=O) groups excluding carboxylic acids is 2. The summed E-state index contributed by atoms with van der Waals surface area (Å²) in [6, 6.07) is 10.8. The summed E-state index contributed by atoms with van der Waals surface area (Å²) in [5.74, 6) is -0.194. The zero-order chi connectivity index (χ0) is 21.2. The third kappa shape index (κ3) is 3.77. The van der Waals surface area contributed by atoms with E-state index in [2.05, 4.69) is 5.32 Å². The van der Waals surface area contributed by atoms with E-state index in [9.17, 15) is 18.0 Å². The predicted octanol–water partition coefficient (Wildman–Crippen LogP) is 2.12. The second kappa shape index (κ2) is 8.12. The number of rotatable bonds is 7. The monoisotopic (exact) mass is 418 g/mol. The van der Waals surface area contributed by atoms with Gasteiger partial charge >= 0.3 is 0 Å². The van der Waals surface area contributed by atoms with Crippen LogP contribution in [0.15, 0.2) is 47.4 Å². The van der Waals surface area contributed by atoms with E-state index in [1.165, 1.54) is 32.4 Å². The molecule has 154 valence electrons. The number of carbonyl (C=O) groups is 2. The SMILES string of the molecule is CCC(NC(=O)CN1C(=O)c2ccccc2S1(=O)=O)c1ccc(OC)c(OC)c1. The van der Waals surface area contributed by atoms with Crippen LogP contribution >= 0.6 is 0 Å². The van der Waals surface area contributed by atoms with Gasteiger partial charge in [-0.2, -0.15) is 0 Å².